The number of aromatic nitrogens is 1. The zero-order valence-corrected chi connectivity index (χ0v) is 16.8. The molecule has 0 aliphatic heterocycles. The number of carbonyl (C=O) groups is 1. The number of esters is 1. The van der Waals surface area contributed by atoms with Crippen LogP contribution >= 0.6 is 22.9 Å². The summed E-state index contributed by atoms with van der Waals surface area (Å²) in [7, 11) is 1.49. The number of benzene rings is 3. The van der Waals surface area contributed by atoms with Gasteiger partial charge >= 0.3 is 5.97 Å². The first-order valence-electron chi connectivity index (χ1n) is 8.57. The first-order valence-corrected chi connectivity index (χ1v) is 9.76. The summed E-state index contributed by atoms with van der Waals surface area (Å²) >= 11 is 7.62. The van der Waals surface area contributed by atoms with Crippen molar-refractivity contribution in [3.63, 3.8) is 0 Å². The van der Waals surface area contributed by atoms with Crippen LogP contribution in [0.1, 0.15) is 15.9 Å². The van der Waals surface area contributed by atoms with Gasteiger partial charge in [-0.15, -0.1) is 11.3 Å². The van der Waals surface area contributed by atoms with Crippen molar-refractivity contribution in [1.82, 2.24) is 4.98 Å². The zero-order valence-electron chi connectivity index (χ0n) is 15.2. The number of nitrogens with zero attached hydrogens (tertiary/aromatic N) is 1. The van der Waals surface area contributed by atoms with E-state index in [1.165, 1.54) is 18.7 Å². The summed E-state index contributed by atoms with van der Waals surface area (Å²) in [6.45, 7) is 2.07. The van der Waals surface area contributed by atoms with Crippen LogP contribution in [0.15, 0.2) is 60.7 Å². The first kappa shape index (κ1) is 18.5. The van der Waals surface area contributed by atoms with Gasteiger partial charge in [0.15, 0.2) is 0 Å². The fourth-order valence-corrected chi connectivity index (χ4v) is 4.06. The second kappa shape index (κ2) is 7.62. The number of aryl methyl sites for hydroxylation is 1. The van der Waals surface area contributed by atoms with Crippen molar-refractivity contribution in [2.75, 3.05) is 7.11 Å². The average Bonchev–Trinajstić information content (AvgIpc) is 3.11. The second-order valence-corrected chi connectivity index (χ2v) is 7.72. The highest BCUT2D eigenvalue weighted by molar-refractivity contribution is 7.21. The average molecular weight is 410 g/mol. The lowest BCUT2D eigenvalue weighted by Crippen LogP contribution is -2.10. The predicted octanol–water partition coefficient (Wildman–Crippen LogP) is 6.15. The molecule has 0 atom stereocenters. The molecule has 0 radical (unpaired) electrons. The van der Waals surface area contributed by atoms with Gasteiger partial charge in [-0.1, -0.05) is 17.7 Å². The summed E-state index contributed by atoms with van der Waals surface area (Å²) in [5.41, 5.74) is 3.44. The van der Waals surface area contributed by atoms with Gasteiger partial charge in [-0.25, -0.2) is 9.78 Å². The van der Waals surface area contributed by atoms with Gasteiger partial charge in [-0.3, -0.25) is 0 Å². The van der Waals surface area contributed by atoms with Crippen molar-refractivity contribution in [3.8, 4) is 22.1 Å². The van der Waals surface area contributed by atoms with E-state index < -0.39 is 5.97 Å². The molecule has 0 N–H and O–H groups in total. The summed E-state index contributed by atoms with van der Waals surface area (Å²) in [4.78, 5) is 17.2. The summed E-state index contributed by atoms with van der Waals surface area (Å²) in [5, 5.41) is 1.36. The highest BCUT2D eigenvalue weighted by Gasteiger charge is 2.16. The molecule has 0 bridgehead atoms. The molecule has 0 aliphatic rings. The molecule has 0 spiro atoms. The maximum absolute atomic E-state index is 12.5. The van der Waals surface area contributed by atoms with Gasteiger partial charge < -0.3 is 9.47 Å². The van der Waals surface area contributed by atoms with Crippen LogP contribution in [-0.2, 0) is 0 Å². The van der Waals surface area contributed by atoms with Crippen LogP contribution in [0.5, 0.6) is 11.5 Å². The second-order valence-electron chi connectivity index (χ2n) is 6.25. The van der Waals surface area contributed by atoms with Crippen molar-refractivity contribution >= 4 is 39.1 Å². The lowest BCUT2D eigenvalue weighted by Gasteiger charge is -2.09. The Balaban J connectivity index is 1.56. The van der Waals surface area contributed by atoms with Crippen molar-refractivity contribution in [2.24, 2.45) is 0 Å². The van der Waals surface area contributed by atoms with E-state index in [-0.39, 0.29) is 5.56 Å². The summed E-state index contributed by atoms with van der Waals surface area (Å²) < 4.78 is 11.8. The van der Waals surface area contributed by atoms with Crippen molar-refractivity contribution in [2.45, 2.75) is 6.92 Å². The third-order valence-corrected chi connectivity index (χ3v) is 5.54. The van der Waals surface area contributed by atoms with Crippen LogP contribution in [0.3, 0.4) is 0 Å². The molecule has 4 rings (SSSR count). The Morgan fingerprint density at radius 2 is 1.82 bits per heavy atom. The molecule has 0 saturated carbocycles. The molecule has 0 saturated heterocycles. The fraction of sp³-hybridized carbons (Fsp3) is 0.0909. The number of thiazole rings is 1. The van der Waals surface area contributed by atoms with E-state index in [0.717, 1.165) is 20.8 Å². The van der Waals surface area contributed by atoms with Crippen LogP contribution in [-0.4, -0.2) is 18.1 Å². The first-order chi connectivity index (χ1) is 13.5. The van der Waals surface area contributed by atoms with E-state index in [1.54, 1.807) is 35.6 Å². The predicted molar refractivity (Wildman–Crippen MR) is 113 cm³/mol. The van der Waals surface area contributed by atoms with Gasteiger partial charge in [0, 0.05) is 10.6 Å². The molecule has 0 amide bonds. The van der Waals surface area contributed by atoms with E-state index in [9.17, 15) is 4.79 Å². The summed E-state index contributed by atoms with van der Waals surface area (Å²) in [5.74, 6) is 0.325. The lowest BCUT2D eigenvalue weighted by atomic mass is 10.2. The van der Waals surface area contributed by atoms with Gasteiger partial charge in [-0.2, -0.15) is 0 Å². The van der Waals surface area contributed by atoms with Crippen LogP contribution in [0, 0.1) is 6.92 Å². The SMILES string of the molecule is COc1ccc(Cl)cc1C(=O)Oc1ccc(-c2nc3ccc(C)cc3s2)cc1. The Labute approximate surface area is 171 Å². The quantitative estimate of drug-likeness (QED) is 0.299. The summed E-state index contributed by atoms with van der Waals surface area (Å²) in [6, 6.07) is 18.3. The van der Waals surface area contributed by atoms with Gasteiger partial charge in [0.2, 0.25) is 0 Å². The number of ether oxygens (including phenoxy) is 2. The van der Waals surface area contributed by atoms with Gasteiger partial charge in [0.05, 0.1) is 17.3 Å². The van der Waals surface area contributed by atoms with Crippen molar-refractivity contribution in [1.29, 1.82) is 0 Å². The molecule has 1 heterocycles. The van der Waals surface area contributed by atoms with E-state index in [1.807, 2.05) is 18.2 Å². The molecular formula is C22H16ClNO3S. The van der Waals surface area contributed by atoms with Crippen LogP contribution in [0.4, 0.5) is 0 Å². The Hall–Kier alpha value is -2.89. The number of hydrogen-bond donors (Lipinski definition) is 0. The largest absolute Gasteiger partial charge is 0.496 e. The van der Waals surface area contributed by atoms with E-state index in [2.05, 4.69) is 24.0 Å². The standard InChI is InChI=1S/C22H16ClNO3S/c1-13-3-9-18-20(11-13)28-21(24-18)14-4-7-16(8-5-14)27-22(25)17-12-15(23)6-10-19(17)26-2/h3-12H,1-2H3. The maximum atomic E-state index is 12.5. The smallest absolute Gasteiger partial charge is 0.347 e. The Bertz CT molecular complexity index is 1170. The number of methoxy groups -OCH3 is 1. The minimum atomic E-state index is -0.525. The third kappa shape index (κ3) is 3.72. The van der Waals surface area contributed by atoms with Crippen LogP contribution < -0.4 is 9.47 Å². The van der Waals surface area contributed by atoms with E-state index in [4.69, 9.17) is 21.1 Å². The van der Waals surface area contributed by atoms with E-state index in [0.29, 0.717) is 16.5 Å². The molecule has 3 aromatic carbocycles. The highest BCUT2D eigenvalue weighted by Crippen LogP contribution is 2.32. The monoisotopic (exact) mass is 409 g/mol. The van der Waals surface area contributed by atoms with E-state index >= 15 is 0 Å². The Morgan fingerprint density at radius 1 is 1.04 bits per heavy atom. The van der Waals surface area contributed by atoms with Crippen LogP contribution in [0.25, 0.3) is 20.8 Å². The molecule has 4 aromatic rings. The minimum Gasteiger partial charge on any atom is -0.496 e. The van der Waals surface area contributed by atoms with Gasteiger partial charge in [0.25, 0.3) is 0 Å². The Kier molecular flexibility index (Phi) is 5.03. The molecule has 6 heteroatoms. The molecule has 0 unspecified atom stereocenters. The summed E-state index contributed by atoms with van der Waals surface area (Å²) in [6.07, 6.45) is 0. The highest BCUT2D eigenvalue weighted by atomic mass is 35.5. The van der Waals surface area contributed by atoms with Crippen LogP contribution in [0.2, 0.25) is 5.02 Å². The molecule has 140 valence electrons. The maximum Gasteiger partial charge on any atom is 0.347 e. The van der Waals surface area contributed by atoms with Gasteiger partial charge in [-0.05, 0) is 67.1 Å². The fourth-order valence-electron chi connectivity index (χ4n) is 2.82. The minimum absolute atomic E-state index is 0.278. The molecular weight excluding hydrogens is 394 g/mol. The molecule has 28 heavy (non-hydrogen) atoms. The Morgan fingerprint density at radius 3 is 2.57 bits per heavy atom. The number of carbonyl (C=O) groups excluding carboxylic acids is 1. The van der Waals surface area contributed by atoms with Gasteiger partial charge in [0.1, 0.15) is 22.1 Å². The topological polar surface area (TPSA) is 48.4 Å². The molecule has 0 fully saturated rings. The number of halogens is 1. The normalized spacial score (nSPS) is 10.8. The zero-order chi connectivity index (χ0) is 19.7. The number of rotatable bonds is 4. The lowest BCUT2D eigenvalue weighted by molar-refractivity contribution is 0.0731. The van der Waals surface area contributed by atoms with Crippen molar-refractivity contribution < 1.29 is 14.3 Å². The number of fused-ring (bicyclic) bond motifs is 1. The number of hydrogen-bond acceptors (Lipinski definition) is 5. The molecule has 0 aliphatic carbocycles. The molecule has 1 aromatic heterocycles. The molecule has 4 nitrogen and oxygen atoms in total. The van der Waals surface area contributed by atoms with Crippen molar-refractivity contribution in [3.05, 3.63) is 76.8 Å². The third-order valence-electron chi connectivity index (χ3n) is 4.24.